The summed E-state index contributed by atoms with van der Waals surface area (Å²) < 4.78 is 0. The van der Waals surface area contributed by atoms with Gasteiger partial charge >= 0.3 is 0 Å². The molecule has 0 saturated heterocycles. The van der Waals surface area contributed by atoms with Crippen molar-refractivity contribution in [1.29, 1.82) is 0 Å². The Morgan fingerprint density at radius 2 is 2.38 bits per heavy atom. The molecule has 16 heavy (non-hydrogen) atoms. The van der Waals surface area contributed by atoms with Crippen molar-refractivity contribution >= 4 is 27.3 Å². The van der Waals surface area contributed by atoms with Gasteiger partial charge in [-0.2, -0.15) is 11.3 Å². The summed E-state index contributed by atoms with van der Waals surface area (Å²) in [5.41, 5.74) is 1.49. The average molecular weight is 302 g/mol. The normalized spacial score (nSPS) is 17.9. The second kappa shape index (κ2) is 6.18. The molecule has 1 aromatic heterocycles. The van der Waals surface area contributed by atoms with E-state index in [0.29, 0.717) is 0 Å². The van der Waals surface area contributed by atoms with Crippen LogP contribution in [0.4, 0.5) is 0 Å². The lowest BCUT2D eigenvalue weighted by Gasteiger charge is -2.25. The first-order valence-electron chi connectivity index (χ1n) is 6.14. The molecule has 1 unspecified atom stereocenters. The molecule has 1 aliphatic rings. The van der Waals surface area contributed by atoms with Crippen molar-refractivity contribution in [3.63, 3.8) is 0 Å². The zero-order valence-electron chi connectivity index (χ0n) is 9.86. The summed E-state index contributed by atoms with van der Waals surface area (Å²) in [5.74, 6) is 0.805. The van der Waals surface area contributed by atoms with Crippen LogP contribution in [0.15, 0.2) is 16.8 Å². The molecular weight excluding hydrogens is 282 g/mol. The number of rotatable bonds is 7. The third kappa shape index (κ3) is 3.57. The number of alkyl halides is 1. The van der Waals surface area contributed by atoms with E-state index < -0.39 is 0 Å². The van der Waals surface area contributed by atoms with E-state index in [4.69, 9.17) is 0 Å². The van der Waals surface area contributed by atoms with E-state index in [0.717, 1.165) is 23.8 Å². The van der Waals surface area contributed by atoms with Crippen molar-refractivity contribution in [2.24, 2.45) is 5.92 Å². The van der Waals surface area contributed by atoms with Gasteiger partial charge in [-0.25, -0.2) is 0 Å². The van der Waals surface area contributed by atoms with E-state index >= 15 is 0 Å². The smallest absolute Gasteiger partial charge is 0.0245 e. The molecule has 3 heteroatoms. The van der Waals surface area contributed by atoms with Crippen LogP contribution in [0.2, 0.25) is 0 Å². The van der Waals surface area contributed by atoms with E-state index in [9.17, 15) is 0 Å². The maximum Gasteiger partial charge on any atom is 0.0245 e. The molecule has 0 radical (unpaired) electrons. The highest BCUT2D eigenvalue weighted by molar-refractivity contribution is 9.09. The number of hydrogen-bond donors (Lipinski definition) is 0. The Balaban J connectivity index is 1.89. The first-order valence-corrected chi connectivity index (χ1v) is 8.21. The number of thiophene rings is 1. The van der Waals surface area contributed by atoms with Gasteiger partial charge in [-0.3, -0.25) is 4.90 Å². The van der Waals surface area contributed by atoms with E-state index in [1.54, 1.807) is 0 Å². The predicted molar refractivity (Wildman–Crippen MR) is 75.3 cm³/mol. The Hall–Kier alpha value is 0.140. The summed E-state index contributed by atoms with van der Waals surface area (Å²) in [4.78, 5) is 2.68. The van der Waals surface area contributed by atoms with Gasteiger partial charge in [0.15, 0.2) is 0 Å². The van der Waals surface area contributed by atoms with E-state index in [2.05, 4.69) is 44.6 Å². The van der Waals surface area contributed by atoms with E-state index in [1.165, 1.54) is 31.4 Å². The molecule has 1 aliphatic carbocycles. The van der Waals surface area contributed by atoms with Crippen LogP contribution in [0.5, 0.6) is 0 Å². The maximum atomic E-state index is 3.63. The number of halogens is 1. The molecule has 1 fully saturated rings. The second-order valence-corrected chi connectivity index (χ2v) is 6.15. The van der Waals surface area contributed by atoms with Crippen LogP contribution < -0.4 is 0 Å². The molecule has 0 aromatic carbocycles. The first kappa shape index (κ1) is 12.6. The van der Waals surface area contributed by atoms with Crippen LogP contribution in [0.25, 0.3) is 0 Å². The fraction of sp³-hybridized carbons (Fsp3) is 0.692. The van der Waals surface area contributed by atoms with Gasteiger partial charge in [0.1, 0.15) is 0 Å². The largest absolute Gasteiger partial charge is 0.296 e. The van der Waals surface area contributed by atoms with Gasteiger partial charge in [0, 0.05) is 24.5 Å². The van der Waals surface area contributed by atoms with Crippen molar-refractivity contribution in [3.8, 4) is 0 Å². The summed E-state index contributed by atoms with van der Waals surface area (Å²) in [7, 11) is 0. The van der Waals surface area contributed by atoms with Crippen molar-refractivity contribution in [2.75, 3.05) is 11.9 Å². The zero-order valence-corrected chi connectivity index (χ0v) is 12.3. The van der Waals surface area contributed by atoms with Gasteiger partial charge in [0.05, 0.1) is 0 Å². The van der Waals surface area contributed by atoms with Crippen LogP contribution >= 0.6 is 27.3 Å². The quantitative estimate of drug-likeness (QED) is 0.684. The Labute approximate surface area is 111 Å². The zero-order chi connectivity index (χ0) is 11.4. The molecule has 1 heterocycles. The molecule has 0 bridgehead atoms. The third-order valence-corrected chi connectivity index (χ3v) is 4.97. The summed E-state index contributed by atoms with van der Waals surface area (Å²) in [6.07, 6.45) is 4.09. The standard InChI is InChI=1S/C13H20BrNS/c1-2-11(7-14)8-15(13-3-4-13)9-12-5-6-16-10-12/h5-6,10-11,13H,2-4,7-9H2,1H3. The van der Waals surface area contributed by atoms with Gasteiger partial charge < -0.3 is 0 Å². The lowest BCUT2D eigenvalue weighted by atomic mass is 10.1. The third-order valence-electron chi connectivity index (χ3n) is 3.32. The Kier molecular flexibility index (Phi) is 4.86. The highest BCUT2D eigenvalue weighted by Gasteiger charge is 2.30. The molecule has 0 spiro atoms. The van der Waals surface area contributed by atoms with Crippen LogP contribution in [0.3, 0.4) is 0 Å². The minimum atomic E-state index is 0.805. The monoisotopic (exact) mass is 301 g/mol. The maximum absolute atomic E-state index is 3.63. The van der Waals surface area contributed by atoms with Crippen LogP contribution in [0.1, 0.15) is 31.7 Å². The topological polar surface area (TPSA) is 3.24 Å². The average Bonchev–Trinajstić information content (AvgIpc) is 3.03. The summed E-state index contributed by atoms with van der Waals surface area (Å²) in [6, 6.07) is 3.13. The molecule has 1 nitrogen and oxygen atoms in total. The Morgan fingerprint density at radius 1 is 1.56 bits per heavy atom. The van der Waals surface area contributed by atoms with Crippen molar-refractivity contribution < 1.29 is 0 Å². The Morgan fingerprint density at radius 3 is 2.88 bits per heavy atom. The van der Waals surface area contributed by atoms with Gasteiger partial charge in [-0.05, 0) is 41.1 Å². The van der Waals surface area contributed by atoms with E-state index in [1.807, 2.05) is 11.3 Å². The molecule has 0 amide bonds. The van der Waals surface area contributed by atoms with Crippen LogP contribution in [-0.4, -0.2) is 22.8 Å². The fourth-order valence-electron chi connectivity index (χ4n) is 2.02. The number of nitrogens with zero attached hydrogens (tertiary/aromatic N) is 1. The molecule has 2 rings (SSSR count). The summed E-state index contributed by atoms with van der Waals surface area (Å²) in [6.45, 7) is 4.70. The van der Waals surface area contributed by atoms with Crippen LogP contribution in [0, 0.1) is 5.92 Å². The molecule has 1 aromatic rings. The summed E-state index contributed by atoms with van der Waals surface area (Å²) in [5, 5.41) is 5.60. The minimum absolute atomic E-state index is 0.805. The molecule has 0 aliphatic heterocycles. The van der Waals surface area contributed by atoms with E-state index in [-0.39, 0.29) is 0 Å². The van der Waals surface area contributed by atoms with Crippen LogP contribution in [-0.2, 0) is 6.54 Å². The van der Waals surface area contributed by atoms with Gasteiger partial charge in [-0.15, -0.1) is 0 Å². The van der Waals surface area contributed by atoms with Crippen molar-refractivity contribution in [3.05, 3.63) is 22.4 Å². The minimum Gasteiger partial charge on any atom is -0.296 e. The van der Waals surface area contributed by atoms with Crippen molar-refractivity contribution in [1.82, 2.24) is 4.90 Å². The number of hydrogen-bond acceptors (Lipinski definition) is 2. The molecule has 0 N–H and O–H groups in total. The lowest BCUT2D eigenvalue weighted by Crippen LogP contribution is -2.31. The lowest BCUT2D eigenvalue weighted by molar-refractivity contribution is 0.219. The fourth-order valence-corrected chi connectivity index (χ4v) is 3.34. The van der Waals surface area contributed by atoms with Gasteiger partial charge in [-0.1, -0.05) is 29.3 Å². The van der Waals surface area contributed by atoms with Gasteiger partial charge in [0.2, 0.25) is 0 Å². The molecule has 90 valence electrons. The SMILES string of the molecule is CCC(CBr)CN(Cc1ccsc1)C1CC1. The van der Waals surface area contributed by atoms with Gasteiger partial charge in [0.25, 0.3) is 0 Å². The highest BCUT2D eigenvalue weighted by Crippen LogP contribution is 2.30. The molecule has 1 atom stereocenters. The second-order valence-electron chi connectivity index (χ2n) is 4.72. The highest BCUT2D eigenvalue weighted by atomic mass is 79.9. The molecule has 1 saturated carbocycles. The first-order chi connectivity index (χ1) is 7.83. The Bertz CT molecular complexity index is 291. The summed E-state index contributed by atoms with van der Waals surface area (Å²) >= 11 is 5.44. The van der Waals surface area contributed by atoms with Crippen molar-refractivity contribution in [2.45, 2.75) is 38.8 Å². The molecular formula is C13H20BrNS. The predicted octanol–water partition coefficient (Wildman–Crippen LogP) is 4.13.